The smallest absolute Gasteiger partial charge is 0.0431 e. The van der Waals surface area contributed by atoms with Crippen molar-refractivity contribution in [3.05, 3.63) is 12.2 Å². The first kappa shape index (κ1) is 7.35. The Morgan fingerprint density at radius 1 is 1.55 bits per heavy atom. The summed E-state index contributed by atoms with van der Waals surface area (Å²) in [6, 6.07) is 0. The highest BCUT2D eigenvalue weighted by Crippen LogP contribution is 2.51. The summed E-state index contributed by atoms with van der Waals surface area (Å²) in [6.07, 6.45) is 11.1. The van der Waals surface area contributed by atoms with Crippen LogP contribution in [0.3, 0.4) is 0 Å². The molecule has 0 aliphatic heterocycles. The molecule has 1 nitrogen and oxygen atoms in total. The molecule has 0 aromatic carbocycles. The van der Waals surface area contributed by atoms with E-state index >= 15 is 0 Å². The van der Waals surface area contributed by atoms with Crippen LogP contribution in [0.4, 0.5) is 0 Å². The van der Waals surface area contributed by atoms with Gasteiger partial charge in [0.25, 0.3) is 0 Å². The van der Waals surface area contributed by atoms with Crippen molar-refractivity contribution in [2.24, 2.45) is 11.3 Å². The van der Waals surface area contributed by atoms with Crippen LogP contribution >= 0.6 is 0 Å². The molecular weight excluding hydrogens is 136 g/mol. The number of fused-ring (bicyclic) bond motifs is 2. The Morgan fingerprint density at radius 3 is 2.91 bits per heavy atom. The minimum atomic E-state index is 0.361. The lowest BCUT2D eigenvalue weighted by atomic mass is 9.83. The molecule has 0 amide bonds. The van der Waals surface area contributed by atoms with E-state index in [0.717, 1.165) is 12.3 Å². The Balaban J connectivity index is 1.95. The topological polar surface area (TPSA) is 20.2 Å². The molecule has 0 spiro atoms. The molecule has 0 heterocycles. The van der Waals surface area contributed by atoms with E-state index in [1.54, 1.807) is 0 Å². The van der Waals surface area contributed by atoms with Gasteiger partial charge in [0.2, 0.25) is 0 Å². The summed E-state index contributed by atoms with van der Waals surface area (Å²) in [6.45, 7) is 0.361. The molecule has 0 saturated heterocycles. The van der Waals surface area contributed by atoms with Crippen molar-refractivity contribution in [1.82, 2.24) is 0 Å². The number of rotatable bonds is 3. The highest BCUT2D eigenvalue weighted by molar-refractivity contribution is 5.15. The minimum absolute atomic E-state index is 0.361. The number of hydrogen-bond donors (Lipinski definition) is 1. The highest BCUT2D eigenvalue weighted by Gasteiger charge is 2.39. The third-order valence-electron chi connectivity index (χ3n) is 3.24. The lowest BCUT2D eigenvalue weighted by Gasteiger charge is -2.22. The van der Waals surface area contributed by atoms with Crippen LogP contribution in [0.5, 0.6) is 0 Å². The quantitative estimate of drug-likeness (QED) is 0.614. The molecule has 2 bridgehead atoms. The number of hydrogen-bond acceptors (Lipinski definition) is 1. The second-order valence-electron chi connectivity index (χ2n) is 4.05. The van der Waals surface area contributed by atoms with Crippen LogP contribution in [0, 0.1) is 11.3 Å². The van der Waals surface area contributed by atoms with Gasteiger partial charge in [0, 0.05) is 6.61 Å². The number of allylic oxidation sites excluding steroid dienone is 2. The predicted molar refractivity (Wildman–Crippen MR) is 45.2 cm³/mol. The van der Waals surface area contributed by atoms with Crippen LogP contribution < -0.4 is 0 Å². The summed E-state index contributed by atoms with van der Waals surface area (Å²) < 4.78 is 0. The number of aliphatic hydroxyl groups excluding tert-OH is 1. The summed E-state index contributed by atoms with van der Waals surface area (Å²) in [7, 11) is 0. The summed E-state index contributed by atoms with van der Waals surface area (Å²) in [5.41, 5.74) is 0.521. The third kappa shape index (κ3) is 1.22. The van der Waals surface area contributed by atoms with Crippen molar-refractivity contribution in [2.75, 3.05) is 6.61 Å². The maximum atomic E-state index is 8.73. The van der Waals surface area contributed by atoms with E-state index in [2.05, 4.69) is 12.2 Å². The zero-order valence-corrected chi connectivity index (χ0v) is 6.92. The molecule has 62 valence electrons. The van der Waals surface area contributed by atoms with Gasteiger partial charge in [-0.2, -0.15) is 0 Å². The summed E-state index contributed by atoms with van der Waals surface area (Å²) in [4.78, 5) is 0. The molecule has 2 aliphatic carbocycles. The zero-order valence-electron chi connectivity index (χ0n) is 6.92. The number of aliphatic hydroxyl groups is 1. The van der Waals surface area contributed by atoms with Crippen molar-refractivity contribution in [3.8, 4) is 0 Å². The van der Waals surface area contributed by atoms with E-state index in [9.17, 15) is 0 Å². The minimum Gasteiger partial charge on any atom is -0.396 e. The standard InChI is InChI=1S/C10H16O/c11-7-1-4-10-5-2-9(8-10)3-6-10/h2,5,9,11H,1,3-4,6-8H2. The molecule has 2 aliphatic rings. The molecule has 0 radical (unpaired) electrons. The third-order valence-corrected chi connectivity index (χ3v) is 3.24. The van der Waals surface area contributed by atoms with E-state index in [4.69, 9.17) is 5.11 Å². The summed E-state index contributed by atoms with van der Waals surface area (Å²) in [5, 5.41) is 8.73. The molecule has 1 heteroatoms. The molecule has 11 heavy (non-hydrogen) atoms. The van der Waals surface area contributed by atoms with E-state index in [1.807, 2.05) is 0 Å². The molecule has 1 fully saturated rings. The van der Waals surface area contributed by atoms with Gasteiger partial charge >= 0.3 is 0 Å². The van der Waals surface area contributed by atoms with Crippen LogP contribution in [-0.2, 0) is 0 Å². The second kappa shape index (κ2) is 2.63. The van der Waals surface area contributed by atoms with Gasteiger partial charge in [-0.25, -0.2) is 0 Å². The molecule has 1 saturated carbocycles. The van der Waals surface area contributed by atoms with Gasteiger partial charge in [-0.15, -0.1) is 0 Å². The highest BCUT2D eigenvalue weighted by atomic mass is 16.2. The normalized spacial score (nSPS) is 40.3. The lowest BCUT2D eigenvalue weighted by Crippen LogP contribution is -2.11. The summed E-state index contributed by atoms with van der Waals surface area (Å²) >= 11 is 0. The average Bonchev–Trinajstić information content (AvgIpc) is 2.60. The summed E-state index contributed by atoms with van der Waals surface area (Å²) in [5.74, 6) is 0.883. The Kier molecular flexibility index (Phi) is 1.76. The van der Waals surface area contributed by atoms with Crippen LogP contribution in [0.1, 0.15) is 32.1 Å². The van der Waals surface area contributed by atoms with Gasteiger partial charge < -0.3 is 5.11 Å². The van der Waals surface area contributed by atoms with Gasteiger partial charge in [0.15, 0.2) is 0 Å². The maximum absolute atomic E-state index is 8.73. The van der Waals surface area contributed by atoms with Crippen molar-refractivity contribution in [3.63, 3.8) is 0 Å². The van der Waals surface area contributed by atoms with Crippen LogP contribution in [0.15, 0.2) is 12.2 Å². The fraction of sp³-hybridized carbons (Fsp3) is 0.800. The van der Waals surface area contributed by atoms with E-state index in [1.165, 1.54) is 25.7 Å². The Morgan fingerprint density at radius 2 is 2.45 bits per heavy atom. The lowest BCUT2D eigenvalue weighted by molar-refractivity contribution is 0.251. The van der Waals surface area contributed by atoms with E-state index < -0.39 is 0 Å². The Bertz CT molecular complexity index is 174. The largest absolute Gasteiger partial charge is 0.396 e. The molecule has 2 atom stereocenters. The molecular formula is C10H16O. The van der Waals surface area contributed by atoms with Gasteiger partial charge in [-0.05, 0) is 43.4 Å². The molecule has 2 rings (SSSR count). The zero-order chi connectivity index (χ0) is 7.73. The Labute approximate surface area is 68.1 Å². The first-order valence-electron chi connectivity index (χ1n) is 4.65. The van der Waals surface area contributed by atoms with E-state index in [-0.39, 0.29) is 0 Å². The van der Waals surface area contributed by atoms with Gasteiger partial charge in [-0.3, -0.25) is 0 Å². The monoisotopic (exact) mass is 152 g/mol. The fourth-order valence-corrected chi connectivity index (χ4v) is 2.60. The molecule has 2 unspecified atom stereocenters. The fourth-order valence-electron chi connectivity index (χ4n) is 2.60. The molecule has 0 aromatic heterocycles. The van der Waals surface area contributed by atoms with Gasteiger partial charge in [0.1, 0.15) is 0 Å². The van der Waals surface area contributed by atoms with Gasteiger partial charge in [-0.1, -0.05) is 12.2 Å². The van der Waals surface area contributed by atoms with Crippen molar-refractivity contribution < 1.29 is 5.11 Å². The SMILES string of the molecule is OCCCC12C=CC(CC1)C2. The maximum Gasteiger partial charge on any atom is 0.0431 e. The van der Waals surface area contributed by atoms with Crippen LogP contribution in [0.25, 0.3) is 0 Å². The second-order valence-corrected chi connectivity index (χ2v) is 4.05. The Hall–Kier alpha value is -0.300. The van der Waals surface area contributed by atoms with Crippen LogP contribution in [-0.4, -0.2) is 11.7 Å². The van der Waals surface area contributed by atoms with Crippen molar-refractivity contribution >= 4 is 0 Å². The van der Waals surface area contributed by atoms with Gasteiger partial charge in [0.05, 0.1) is 0 Å². The van der Waals surface area contributed by atoms with Crippen LogP contribution in [0.2, 0.25) is 0 Å². The first-order chi connectivity index (χ1) is 5.35. The molecule has 1 N–H and O–H groups in total. The predicted octanol–water partition coefficient (Wildman–Crippen LogP) is 2.12. The van der Waals surface area contributed by atoms with Crippen molar-refractivity contribution in [2.45, 2.75) is 32.1 Å². The molecule has 0 aromatic rings. The average molecular weight is 152 g/mol. The van der Waals surface area contributed by atoms with E-state index in [0.29, 0.717) is 12.0 Å². The van der Waals surface area contributed by atoms with Crippen molar-refractivity contribution in [1.29, 1.82) is 0 Å². The first-order valence-corrected chi connectivity index (χ1v) is 4.65.